The predicted octanol–water partition coefficient (Wildman–Crippen LogP) is 3.02. The van der Waals surface area contributed by atoms with E-state index < -0.39 is 0 Å². The fraction of sp³-hybridized carbons (Fsp3) is 0.412. The van der Waals surface area contributed by atoms with E-state index in [-0.39, 0.29) is 0 Å². The molecule has 3 aromatic rings. The van der Waals surface area contributed by atoms with Crippen LogP contribution in [0, 0.1) is 0 Å². The maximum Gasteiger partial charge on any atom is 0.124 e. The van der Waals surface area contributed by atoms with Crippen LogP contribution < -0.4 is 0 Å². The second kappa shape index (κ2) is 5.57. The zero-order valence-electron chi connectivity index (χ0n) is 12.9. The molecule has 5 heteroatoms. The monoisotopic (exact) mass is 295 g/mol. The van der Waals surface area contributed by atoms with Gasteiger partial charge < -0.3 is 9.55 Å². The van der Waals surface area contributed by atoms with Crippen molar-refractivity contribution in [3.05, 3.63) is 48.3 Å². The van der Waals surface area contributed by atoms with E-state index in [4.69, 9.17) is 4.98 Å². The summed E-state index contributed by atoms with van der Waals surface area (Å²) >= 11 is 0. The number of piperidine rings is 1. The molecule has 114 valence electrons. The van der Waals surface area contributed by atoms with Gasteiger partial charge in [0.25, 0.3) is 0 Å². The number of imidazole rings is 2. The summed E-state index contributed by atoms with van der Waals surface area (Å²) in [4.78, 5) is 15.3. The molecule has 1 atom stereocenters. The number of benzene rings is 1. The van der Waals surface area contributed by atoms with Crippen molar-refractivity contribution in [2.24, 2.45) is 7.05 Å². The molecule has 0 unspecified atom stereocenters. The lowest BCUT2D eigenvalue weighted by molar-refractivity contribution is 0.130. The third-order valence-corrected chi connectivity index (χ3v) is 4.60. The molecule has 22 heavy (non-hydrogen) atoms. The molecule has 0 amide bonds. The van der Waals surface area contributed by atoms with Gasteiger partial charge in [0.05, 0.1) is 23.6 Å². The lowest BCUT2D eigenvalue weighted by Gasteiger charge is -2.34. The van der Waals surface area contributed by atoms with Crippen LogP contribution >= 0.6 is 0 Å². The molecule has 0 spiro atoms. The fourth-order valence-electron chi connectivity index (χ4n) is 3.35. The molecule has 1 saturated heterocycles. The molecule has 5 nitrogen and oxygen atoms in total. The molecule has 0 saturated carbocycles. The fourth-order valence-corrected chi connectivity index (χ4v) is 3.35. The van der Waals surface area contributed by atoms with Gasteiger partial charge in [-0.15, -0.1) is 0 Å². The van der Waals surface area contributed by atoms with E-state index in [2.05, 4.69) is 44.7 Å². The van der Waals surface area contributed by atoms with Gasteiger partial charge in [-0.3, -0.25) is 4.90 Å². The van der Waals surface area contributed by atoms with E-state index >= 15 is 0 Å². The van der Waals surface area contributed by atoms with Crippen molar-refractivity contribution < 1.29 is 0 Å². The normalized spacial score (nSPS) is 19.8. The van der Waals surface area contributed by atoms with Gasteiger partial charge in [-0.05, 0) is 31.5 Å². The van der Waals surface area contributed by atoms with E-state index in [1.807, 2.05) is 18.5 Å². The first-order chi connectivity index (χ1) is 10.8. The first-order valence-corrected chi connectivity index (χ1v) is 7.96. The standard InChI is InChI=1S/C17H21N5/c1-21-11-9-18-16(21)12-22-10-5-4-8-15(22)17-19-13-6-2-3-7-14(13)20-17/h2-3,6-7,9,11,15H,4-5,8,10,12H2,1H3,(H,19,20)/t15-/m1/s1. The number of hydrogen-bond acceptors (Lipinski definition) is 3. The summed E-state index contributed by atoms with van der Waals surface area (Å²) in [5.74, 6) is 2.21. The van der Waals surface area contributed by atoms with Gasteiger partial charge in [-0.1, -0.05) is 18.6 Å². The minimum absolute atomic E-state index is 0.359. The van der Waals surface area contributed by atoms with Crippen LogP contribution in [0.2, 0.25) is 0 Å². The molecule has 1 fully saturated rings. The van der Waals surface area contributed by atoms with Crippen LogP contribution in [0.5, 0.6) is 0 Å². The Morgan fingerprint density at radius 3 is 3.00 bits per heavy atom. The minimum atomic E-state index is 0.359. The molecule has 3 heterocycles. The van der Waals surface area contributed by atoms with Gasteiger partial charge in [-0.2, -0.15) is 0 Å². The lowest BCUT2D eigenvalue weighted by atomic mass is 10.0. The summed E-state index contributed by atoms with van der Waals surface area (Å²) in [6, 6.07) is 8.62. The van der Waals surface area contributed by atoms with Crippen LogP contribution in [0.1, 0.15) is 37.0 Å². The topological polar surface area (TPSA) is 49.7 Å². The average Bonchev–Trinajstić information content (AvgIpc) is 3.14. The number of aromatic amines is 1. The van der Waals surface area contributed by atoms with Gasteiger partial charge in [0, 0.05) is 19.4 Å². The first kappa shape index (κ1) is 13.5. The lowest BCUT2D eigenvalue weighted by Crippen LogP contribution is -2.34. The number of likely N-dealkylation sites (tertiary alicyclic amines) is 1. The van der Waals surface area contributed by atoms with Gasteiger partial charge in [0.15, 0.2) is 0 Å². The molecule has 1 aliphatic rings. The van der Waals surface area contributed by atoms with Crippen LogP contribution in [0.15, 0.2) is 36.7 Å². The van der Waals surface area contributed by atoms with Crippen molar-refractivity contribution in [3.8, 4) is 0 Å². The number of hydrogen-bond donors (Lipinski definition) is 1. The molecule has 1 N–H and O–H groups in total. The van der Waals surface area contributed by atoms with Crippen LogP contribution in [0.3, 0.4) is 0 Å². The number of nitrogens with zero attached hydrogens (tertiary/aromatic N) is 4. The van der Waals surface area contributed by atoms with Crippen LogP contribution in [0.4, 0.5) is 0 Å². The highest BCUT2D eigenvalue weighted by molar-refractivity contribution is 5.74. The molecule has 4 rings (SSSR count). The second-order valence-corrected chi connectivity index (χ2v) is 6.08. The summed E-state index contributed by atoms with van der Waals surface area (Å²) in [5, 5.41) is 0. The van der Waals surface area contributed by atoms with Crippen molar-refractivity contribution in [1.29, 1.82) is 0 Å². The van der Waals surface area contributed by atoms with E-state index in [0.717, 1.165) is 42.2 Å². The molecule has 1 aliphatic heterocycles. The summed E-state index contributed by atoms with van der Waals surface area (Å²) < 4.78 is 2.10. The van der Waals surface area contributed by atoms with Gasteiger partial charge in [0.1, 0.15) is 11.6 Å². The Bertz CT molecular complexity index is 739. The molecule has 0 aliphatic carbocycles. The van der Waals surface area contributed by atoms with Gasteiger partial charge in [-0.25, -0.2) is 9.97 Å². The Labute approximate surface area is 130 Å². The zero-order valence-corrected chi connectivity index (χ0v) is 12.9. The number of aryl methyl sites for hydroxylation is 1. The third kappa shape index (κ3) is 2.41. The summed E-state index contributed by atoms with van der Waals surface area (Å²) in [5.41, 5.74) is 2.18. The summed E-state index contributed by atoms with van der Waals surface area (Å²) in [6.07, 6.45) is 7.55. The van der Waals surface area contributed by atoms with E-state index in [0.29, 0.717) is 6.04 Å². The molecule has 1 aromatic carbocycles. The maximum absolute atomic E-state index is 4.81. The van der Waals surface area contributed by atoms with Crippen molar-refractivity contribution >= 4 is 11.0 Å². The molecule has 0 bridgehead atoms. The number of para-hydroxylation sites is 2. The number of fused-ring (bicyclic) bond motifs is 1. The van der Waals surface area contributed by atoms with Crippen molar-refractivity contribution in [1.82, 2.24) is 24.4 Å². The molecule has 0 radical (unpaired) electrons. The van der Waals surface area contributed by atoms with Gasteiger partial charge >= 0.3 is 0 Å². The Kier molecular flexibility index (Phi) is 3.42. The Balaban J connectivity index is 1.63. The SMILES string of the molecule is Cn1ccnc1CN1CCCC[C@@H]1c1nc2ccccc2[nH]1. The van der Waals surface area contributed by atoms with E-state index in [1.165, 1.54) is 12.8 Å². The zero-order chi connectivity index (χ0) is 14.9. The number of H-pyrrole nitrogens is 1. The quantitative estimate of drug-likeness (QED) is 0.808. The van der Waals surface area contributed by atoms with E-state index in [1.54, 1.807) is 0 Å². The van der Waals surface area contributed by atoms with Gasteiger partial charge in [0.2, 0.25) is 0 Å². The highest BCUT2D eigenvalue weighted by atomic mass is 15.2. The van der Waals surface area contributed by atoms with E-state index in [9.17, 15) is 0 Å². The largest absolute Gasteiger partial charge is 0.341 e. The number of nitrogens with one attached hydrogen (secondary N) is 1. The van der Waals surface area contributed by atoms with Crippen molar-refractivity contribution in [2.75, 3.05) is 6.54 Å². The summed E-state index contributed by atoms with van der Waals surface area (Å²) in [7, 11) is 2.06. The summed E-state index contributed by atoms with van der Waals surface area (Å²) in [6.45, 7) is 1.99. The predicted molar refractivity (Wildman–Crippen MR) is 86.3 cm³/mol. The van der Waals surface area contributed by atoms with Crippen LogP contribution in [-0.2, 0) is 13.6 Å². The third-order valence-electron chi connectivity index (χ3n) is 4.60. The smallest absolute Gasteiger partial charge is 0.124 e. The van der Waals surface area contributed by atoms with Crippen molar-refractivity contribution in [2.45, 2.75) is 31.8 Å². The first-order valence-electron chi connectivity index (χ1n) is 7.96. The second-order valence-electron chi connectivity index (χ2n) is 6.08. The number of rotatable bonds is 3. The van der Waals surface area contributed by atoms with Crippen LogP contribution in [-0.4, -0.2) is 31.0 Å². The molecule has 2 aromatic heterocycles. The Morgan fingerprint density at radius 2 is 2.18 bits per heavy atom. The Morgan fingerprint density at radius 1 is 1.27 bits per heavy atom. The minimum Gasteiger partial charge on any atom is -0.341 e. The van der Waals surface area contributed by atoms with Crippen molar-refractivity contribution in [3.63, 3.8) is 0 Å². The van der Waals surface area contributed by atoms with Crippen LogP contribution in [0.25, 0.3) is 11.0 Å². The highest BCUT2D eigenvalue weighted by Gasteiger charge is 2.27. The molecular weight excluding hydrogens is 274 g/mol. The average molecular weight is 295 g/mol. The molecular formula is C17H21N5. The highest BCUT2D eigenvalue weighted by Crippen LogP contribution is 2.31. The number of aromatic nitrogens is 4. The Hall–Kier alpha value is -2.14. The maximum atomic E-state index is 4.81.